The second-order valence-electron chi connectivity index (χ2n) is 5.20. The molecule has 0 bridgehead atoms. The Morgan fingerprint density at radius 1 is 1.50 bits per heavy atom. The van der Waals surface area contributed by atoms with Gasteiger partial charge in [0.15, 0.2) is 0 Å². The molecule has 112 valence electrons. The Kier molecular flexibility index (Phi) is 6.52. The van der Waals surface area contributed by atoms with Gasteiger partial charge in [-0.2, -0.15) is 0 Å². The summed E-state index contributed by atoms with van der Waals surface area (Å²) in [5.74, 6) is 0. The molecule has 0 saturated heterocycles. The molecule has 0 heterocycles. The molecule has 0 aromatic rings. The number of rotatable bonds is 9. The summed E-state index contributed by atoms with van der Waals surface area (Å²) >= 11 is 0. The van der Waals surface area contributed by atoms with E-state index in [1.54, 1.807) is 0 Å². The van der Waals surface area contributed by atoms with Gasteiger partial charge in [-0.05, 0) is 33.2 Å². The van der Waals surface area contributed by atoms with Gasteiger partial charge >= 0.3 is 0 Å². The molecule has 0 aliphatic heterocycles. The first-order valence-corrected chi connectivity index (χ1v) is 7.30. The van der Waals surface area contributed by atoms with Gasteiger partial charge in [-0.15, -0.1) is 6.58 Å². The number of aliphatic imine (C=N–C) groups is 1. The molecule has 20 heavy (non-hydrogen) atoms. The van der Waals surface area contributed by atoms with Crippen molar-refractivity contribution in [2.24, 2.45) is 10.7 Å². The molecule has 0 amide bonds. The van der Waals surface area contributed by atoms with Gasteiger partial charge in [-0.1, -0.05) is 19.6 Å². The monoisotopic (exact) mass is 276 g/mol. The zero-order chi connectivity index (χ0) is 15.1. The molecule has 1 unspecified atom stereocenters. The molecule has 0 aromatic heterocycles. The van der Waals surface area contributed by atoms with Crippen LogP contribution in [0, 0.1) is 0 Å². The Balaban J connectivity index is 3.09. The SMILES string of the molecule is C=CCNC(=C)C(=NC1CC1)C(=C(C)N)C(CC)NC. The lowest BCUT2D eigenvalue weighted by Gasteiger charge is -2.23. The summed E-state index contributed by atoms with van der Waals surface area (Å²) in [6, 6.07) is 0.621. The van der Waals surface area contributed by atoms with E-state index in [0.29, 0.717) is 12.6 Å². The lowest BCUT2D eigenvalue weighted by molar-refractivity contribution is 0.626. The van der Waals surface area contributed by atoms with Gasteiger partial charge in [0.2, 0.25) is 0 Å². The summed E-state index contributed by atoms with van der Waals surface area (Å²) in [7, 11) is 1.95. The van der Waals surface area contributed by atoms with Gasteiger partial charge in [0.1, 0.15) is 0 Å². The molecule has 1 aliphatic rings. The summed E-state index contributed by atoms with van der Waals surface area (Å²) in [5, 5.41) is 6.55. The molecule has 1 saturated carbocycles. The minimum atomic E-state index is 0.194. The molecular formula is C16H28N4. The second kappa shape index (κ2) is 7.90. The molecule has 1 atom stereocenters. The molecule has 1 fully saturated rings. The van der Waals surface area contributed by atoms with Crippen LogP contribution in [0.5, 0.6) is 0 Å². The van der Waals surface area contributed by atoms with Gasteiger partial charge in [-0.3, -0.25) is 4.99 Å². The van der Waals surface area contributed by atoms with Crippen molar-refractivity contribution in [2.45, 2.75) is 45.2 Å². The largest absolute Gasteiger partial charge is 0.402 e. The van der Waals surface area contributed by atoms with Crippen molar-refractivity contribution in [1.82, 2.24) is 10.6 Å². The highest BCUT2D eigenvalue weighted by atomic mass is 15.0. The third-order valence-electron chi connectivity index (χ3n) is 3.39. The van der Waals surface area contributed by atoms with Crippen LogP contribution in [0.25, 0.3) is 0 Å². The zero-order valence-electron chi connectivity index (χ0n) is 13.0. The van der Waals surface area contributed by atoms with E-state index in [-0.39, 0.29) is 6.04 Å². The van der Waals surface area contributed by atoms with Crippen LogP contribution < -0.4 is 16.4 Å². The first-order valence-electron chi connectivity index (χ1n) is 7.30. The van der Waals surface area contributed by atoms with Gasteiger partial charge in [0.05, 0.1) is 17.5 Å². The summed E-state index contributed by atoms with van der Waals surface area (Å²) in [5.41, 5.74) is 9.72. The molecule has 1 aliphatic carbocycles. The van der Waals surface area contributed by atoms with Crippen molar-refractivity contribution in [3.05, 3.63) is 36.2 Å². The third kappa shape index (κ3) is 4.53. The lowest BCUT2D eigenvalue weighted by Crippen LogP contribution is -2.35. The number of nitrogens with two attached hydrogens (primary N) is 1. The molecule has 4 heteroatoms. The predicted molar refractivity (Wildman–Crippen MR) is 87.8 cm³/mol. The van der Waals surface area contributed by atoms with Crippen LogP contribution in [0.3, 0.4) is 0 Å². The van der Waals surface area contributed by atoms with Crippen LogP contribution in [-0.2, 0) is 0 Å². The van der Waals surface area contributed by atoms with Crippen molar-refractivity contribution in [1.29, 1.82) is 0 Å². The van der Waals surface area contributed by atoms with Crippen LogP contribution in [0.4, 0.5) is 0 Å². The number of allylic oxidation sites excluding steroid dienone is 2. The van der Waals surface area contributed by atoms with Crippen LogP contribution in [-0.4, -0.2) is 31.4 Å². The zero-order valence-corrected chi connectivity index (χ0v) is 13.0. The van der Waals surface area contributed by atoms with Gasteiger partial charge in [-0.25, -0.2) is 0 Å². The molecule has 0 aromatic carbocycles. The van der Waals surface area contributed by atoms with Crippen molar-refractivity contribution in [3.63, 3.8) is 0 Å². The van der Waals surface area contributed by atoms with E-state index in [1.165, 1.54) is 0 Å². The third-order valence-corrected chi connectivity index (χ3v) is 3.39. The van der Waals surface area contributed by atoms with E-state index in [1.807, 2.05) is 20.0 Å². The summed E-state index contributed by atoms with van der Waals surface area (Å²) in [6.07, 6.45) is 5.09. The Bertz CT molecular complexity index is 408. The molecule has 0 radical (unpaired) electrons. The first-order chi connectivity index (χ1) is 9.54. The van der Waals surface area contributed by atoms with Crippen LogP contribution in [0.2, 0.25) is 0 Å². The van der Waals surface area contributed by atoms with Crippen LogP contribution in [0.1, 0.15) is 33.1 Å². The fourth-order valence-electron chi connectivity index (χ4n) is 2.15. The summed E-state index contributed by atoms with van der Waals surface area (Å²) in [4.78, 5) is 4.82. The smallest absolute Gasteiger partial charge is 0.0867 e. The Hall–Kier alpha value is -1.55. The number of nitrogens with zero attached hydrogens (tertiary/aromatic N) is 1. The number of likely N-dealkylation sites (N-methyl/N-ethyl adjacent to an activating group) is 1. The van der Waals surface area contributed by atoms with Gasteiger partial charge < -0.3 is 16.4 Å². The highest BCUT2D eigenvalue weighted by Gasteiger charge is 2.26. The van der Waals surface area contributed by atoms with Crippen molar-refractivity contribution >= 4 is 5.71 Å². The first kappa shape index (κ1) is 16.5. The second-order valence-corrected chi connectivity index (χ2v) is 5.20. The predicted octanol–water partition coefficient (Wildman–Crippen LogP) is 2.11. The van der Waals surface area contributed by atoms with Crippen LogP contribution >= 0.6 is 0 Å². The highest BCUT2D eigenvalue weighted by Crippen LogP contribution is 2.26. The number of nitrogens with one attached hydrogen (secondary N) is 2. The maximum absolute atomic E-state index is 6.12. The Labute approximate surface area is 122 Å². The minimum Gasteiger partial charge on any atom is -0.402 e. The fraction of sp³-hybridized carbons (Fsp3) is 0.562. The molecule has 4 nitrogen and oxygen atoms in total. The minimum absolute atomic E-state index is 0.194. The van der Waals surface area contributed by atoms with E-state index in [4.69, 9.17) is 10.7 Å². The number of hydrogen-bond acceptors (Lipinski definition) is 4. The summed E-state index contributed by atoms with van der Waals surface area (Å²) in [6.45, 7) is 12.6. The molecule has 4 N–H and O–H groups in total. The molecule has 1 rings (SSSR count). The molecular weight excluding hydrogens is 248 g/mol. The number of hydrogen-bond donors (Lipinski definition) is 3. The van der Waals surface area contributed by atoms with E-state index in [9.17, 15) is 0 Å². The lowest BCUT2D eigenvalue weighted by atomic mass is 9.96. The normalized spacial score (nSPS) is 18.2. The topological polar surface area (TPSA) is 62.4 Å². The highest BCUT2D eigenvalue weighted by molar-refractivity contribution is 6.13. The van der Waals surface area contributed by atoms with Gasteiger partial charge in [0, 0.05) is 23.9 Å². The Morgan fingerprint density at radius 2 is 2.15 bits per heavy atom. The standard InChI is InChI=1S/C16H28N4/c1-6-10-19-12(4)16(20-13-8-9-13)15(11(3)17)14(7-2)18-5/h6,13-14,18-19H,1,4,7-10,17H2,2-3,5H3. The van der Waals surface area contributed by atoms with Crippen molar-refractivity contribution < 1.29 is 0 Å². The van der Waals surface area contributed by atoms with E-state index in [2.05, 4.69) is 30.7 Å². The summed E-state index contributed by atoms with van der Waals surface area (Å²) < 4.78 is 0. The average molecular weight is 276 g/mol. The maximum atomic E-state index is 6.12. The quantitative estimate of drug-likeness (QED) is 0.446. The molecule has 0 spiro atoms. The average Bonchev–Trinajstić information content (AvgIpc) is 3.23. The fourth-order valence-corrected chi connectivity index (χ4v) is 2.15. The van der Waals surface area contributed by atoms with Gasteiger partial charge in [0.25, 0.3) is 0 Å². The van der Waals surface area contributed by atoms with Crippen molar-refractivity contribution in [3.8, 4) is 0 Å². The van der Waals surface area contributed by atoms with E-state index < -0.39 is 0 Å². The Morgan fingerprint density at radius 3 is 2.55 bits per heavy atom. The maximum Gasteiger partial charge on any atom is 0.0867 e. The van der Waals surface area contributed by atoms with E-state index in [0.717, 1.165) is 41.9 Å². The van der Waals surface area contributed by atoms with E-state index >= 15 is 0 Å². The van der Waals surface area contributed by atoms with Crippen LogP contribution in [0.15, 0.2) is 41.2 Å². The van der Waals surface area contributed by atoms with Crippen molar-refractivity contribution in [2.75, 3.05) is 13.6 Å².